The van der Waals surface area contributed by atoms with Crippen LogP contribution in [0.4, 0.5) is 0 Å². The van der Waals surface area contributed by atoms with E-state index in [9.17, 15) is 0 Å². The summed E-state index contributed by atoms with van der Waals surface area (Å²) in [4.78, 5) is 0. The molecule has 0 N–H and O–H groups in total. The number of unbranched alkanes of at least 4 members (excludes halogenated alkanes) is 8. The molecule has 2 aromatic rings. The molecule has 6 nitrogen and oxygen atoms in total. The molecule has 0 radical (unpaired) electrons. The Morgan fingerprint density at radius 3 is 1.20 bits per heavy atom. The summed E-state index contributed by atoms with van der Waals surface area (Å²) >= 11 is 0. The van der Waals surface area contributed by atoms with Crippen molar-refractivity contribution in [3.8, 4) is 0 Å². The largest absolute Gasteiger partial charge is 0.379 e. The summed E-state index contributed by atoms with van der Waals surface area (Å²) in [6, 6.07) is 20.9. The fraction of sp³-hybridized carbons (Fsp3) is 0.797. The topological polar surface area (TPSA) is 55.4 Å². The van der Waals surface area contributed by atoms with E-state index in [0.717, 1.165) is 75.8 Å². The van der Waals surface area contributed by atoms with Gasteiger partial charge in [0.05, 0.1) is 39.6 Å². The lowest BCUT2D eigenvalue weighted by Gasteiger charge is -2.20. The van der Waals surface area contributed by atoms with E-state index in [0.29, 0.717) is 51.5 Å². The van der Waals surface area contributed by atoms with Gasteiger partial charge in [0.25, 0.3) is 0 Å². The third-order valence-electron chi connectivity index (χ3n) is 13.8. The zero-order chi connectivity index (χ0) is 46.4. The maximum atomic E-state index is 6.33. The molecule has 1 aliphatic carbocycles. The summed E-state index contributed by atoms with van der Waals surface area (Å²) in [7, 11) is 0. The molecule has 374 valence electrons. The molecule has 3 rings (SSSR count). The van der Waals surface area contributed by atoms with Crippen molar-refractivity contribution in [1.82, 2.24) is 0 Å². The van der Waals surface area contributed by atoms with Gasteiger partial charge < -0.3 is 28.4 Å². The summed E-state index contributed by atoms with van der Waals surface area (Å²) in [5, 5.41) is 0. The minimum absolute atomic E-state index is 0.00271. The first-order valence-corrected chi connectivity index (χ1v) is 27.4. The summed E-state index contributed by atoms with van der Waals surface area (Å²) < 4.78 is 37.1. The van der Waals surface area contributed by atoms with Gasteiger partial charge in [-0.05, 0) is 78.7 Å². The first kappa shape index (κ1) is 57.5. The summed E-state index contributed by atoms with van der Waals surface area (Å²) in [5.74, 6) is 4.92. The second-order valence-electron chi connectivity index (χ2n) is 21.2. The molecule has 65 heavy (non-hydrogen) atoms. The van der Waals surface area contributed by atoms with Crippen molar-refractivity contribution in [3.05, 3.63) is 71.8 Å². The highest BCUT2D eigenvalue weighted by Gasteiger charge is 2.23. The Balaban J connectivity index is 1.15. The zero-order valence-corrected chi connectivity index (χ0v) is 43.2. The van der Waals surface area contributed by atoms with Gasteiger partial charge in [-0.15, -0.1) is 0 Å². The van der Waals surface area contributed by atoms with Crippen molar-refractivity contribution in [2.24, 2.45) is 35.5 Å². The van der Waals surface area contributed by atoms with Crippen molar-refractivity contribution in [3.63, 3.8) is 0 Å². The van der Waals surface area contributed by atoms with E-state index in [4.69, 9.17) is 28.4 Å². The van der Waals surface area contributed by atoms with Crippen LogP contribution in [0, 0.1) is 35.5 Å². The van der Waals surface area contributed by atoms with Crippen LogP contribution in [-0.4, -0.2) is 65.1 Å². The Kier molecular flexibility index (Phi) is 34.6. The second kappa shape index (κ2) is 39.1. The lowest BCUT2D eigenvalue weighted by Crippen LogP contribution is -2.27. The van der Waals surface area contributed by atoms with Gasteiger partial charge in [-0.25, -0.2) is 0 Å². The van der Waals surface area contributed by atoms with Crippen LogP contribution in [0.3, 0.4) is 0 Å². The van der Waals surface area contributed by atoms with Gasteiger partial charge >= 0.3 is 0 Å². The summed E-state index contributed by atoms with van der Waals surface area (Å²) in [6.07, 6.45) is 30.3. The predicted octanol–water partition coefficient (Wildman–Crippen LogP) is 16.0. The highest BCUT2D eigenvalue weighted by atomic mass is 16.6. The molecule has 2 aromatic carbocycles. The molecule has 1 aliphatic rings. The molecule has 0 aromatic heterocycles. The van der Waals surface area contributed by atoms with Crippen molar-refractivity contribution in [2.75, 3.05) is 52.9 Å². The summed E-state index contributed by atoms with van der Waals surface area (Å²) in [6.45, 7) is 20.9. The van der Waals surface area contributed by atoms with Crippen LogP contribution in [0.5, 0.6) is 0 Å². The minimum atomic E-state index is -0.00271. The third kappa shape index (κ3) is 32.6. The molecule has 1 saturated carbocycles. The highest BCUT2D eigenvalue weighted by Crippen LogP contribution is 2.37. The van der Waals surface area contributed by atoms with Crippen LogP contribution in [0.15, 0.2) is 60.7 Å². The van der Waals surface area contributed by atoms with Gasteiger partial charge in [0, 0.05) is 26.4 Å². The fourth-order valence-electron chi connectivity index (χ4n) is 9.43. The molecule has 0 saturated heterocycles. The van der Waals surface area contributed by atoms with Gasteiger partial charge in [0.2, 0.25) is 0 Å². The molecular formula is C59H102O6. The maximum absolute atomic E-state index is 6.33. The predicted molar refractivity (Wildman–Crippen MR) is 274 cm³/mol. The Morgan fingerprint density at radius 2 is 0.785 bits per heavy atom. The number of benzene rings is 2. The fourth-order valence-corrected chi connectivity index (χ4v) is 9.43. The van der Waals surface area contributed by atoms with E-state index in [2.05, 4.69) is 102 Å². The first-order chi connectivity index (χ1) is 31.8. The standard InChI is InChI=1S/C59H102O6/c1-50(2)25-23-27-52(5)37-41-64-58(48-62-44-56-31-17-13-18-32-56)46-60-39-21-11-7-9-15-29-54-35-36-55(43-54)30-16-10-8-12-22-40-61-47-59(49-63-45-57-33-19-14-20-34-57)65-42-38-53(6)28-24-26-51(3)4/h13-14,17-20,31-34,50-55,58-59H,7-12,15-16,21-30,35-49H2,1-6H3/t52-,53-,54?,55?,58+,59+/m1/s1. The molecule has 0 spiro atoms. The number of hydrogen-bond acceptors (Lipinski definition) is 6. The van der Waals surface area contributed by atoms with Crippen LogP contribution >= 0.6 is 0 Å². The zero-order valence-electron chi connectivity index (χ0n) is 43.2. The maximum Gasteiger partial charge on any atom is 0.104 e. The lowest BCUT2D eigenvalue weighted by atomic mass is 9.95. The van der Waals surface area contributed by atoms with Gasteiger partial charge in [-0.1, -0.05) is 218 Å². The lowest BCUT2D eigenvalue weighted by molar-refractivity contribution is -0.0662. The highest BCUT2D eigenvalue weighted by molar-refractivity contribution is 5.14. The molecule has 6 heteroatoms. The van der Waals surface area contributed by atoms with E-state index >= 15 is 0 Å². The van der Waals surface area contributed by atoms with Gasteiger partial charge in [-0.2, -0.15) is 0 Å². The van der Waals surface area contributed by atoms with Gasteiger partial charge in [0.1, 0.15) is 12.2 Å². The van der Waals surface area contributed by atoms with Crippen LogP contribution < -0.4 is 0 Å². The first-order valence-electron chi connectivity index (χ1n) is 27.4. The summed E-state index contributed by atoms with van der Waals surface area (Å²) in [5.41, 5.74) is 2.41. The normalized spacial score (nSPS) is 17.3. The SMILES string of the molecule is CC(C)CCC[C@@H](C)CCO[C@@H](COCCCCCCCC1CCC(CCCCCCCOC[C@@H](COCc2ccccc2)OCC[C@H](C)CCCC(C)C)C1)COCc1ccccc1. The van der Waals surface area contributed by atoms with Crippen molar-refractivity contribution in [1.29, 1.82) is 0 Å². The van der Waals surface area contributed by atoms with Gasteiger partial charge in [0.15, 0.2) is 0 Å². The van der Waals surface area contributed by atoms with Crippen LogP contribution in [0.1, 0.15) is 200 Å². The van der Waals surface area contributed by atoms with Crippen molar-refractivity contribution < 1.29 is 28.4 Å². The average molecular weight is 907 g/mol. The Bertz CT molecular complexity index is 1200. The van der Waals surface area contributed by atoms with Crippen molar-refractivity contribution >= 4 is 0 Å². The van der Waals surface area contributed by atoms with E-state index < -0.39 is 0 Å². The smallest absolute Gasteiger partial charge is 0.104 e. The van der Waals surface area contributed by atoms with Crippen LogP contribution in [-0.2, 0) is 41.6 Å². The third-order valence-corrected chi connectivity index (χ3v) is 13.8. The number of ether oxygens (including phenoxy) is 6. The molecule has 1 fully saturated rings. The van der Waals surface area contributed by atoms with E-state index in [1.165, 1.54) is 133 Å². The Morgan fingerprint density at radius 1 is 0.400 bits per heavy atom. The van der Waals surface area contributed by atoms with Crippen LogP contribution in [0.2, 0.25) is 0 Å². The molecule has 0 aliphatic heterocycles. The van der Waals surface area contributed by atoms with E-state index in [-0.39, 0.29) is 12.2 Å². The minimum Gasteiger partial charge on any atom is -0.379 e. The molecular weight excluding hydrogens is 805 g/mol. The average Bonchev–Trinajstić information content (AvgIpc) is 3.75. The van der Waals surface area contributed by atoms with E-state index in [1.54, 1.807) is 0 Å². The molecule has 0 heterocycles. The van der Waals surface area contributed by atoms with Crippen molar-refractivity contribution in [2.45, 2.75) is 215 Å². The Labute approximate surface area is 401 Å². The molecule has 2 unspecified atom stereocenters. The van der Waals surface area contributed by atoms with Crippen LogP contribution in [0.25, 0.3) is 0 Å². The quantitative estimate of drug-likeness (QED) is 0.0618. The van der Waals surface area contributed by atoms with Gasteiger partial charge in [-0.3, -0.25) is 0 Å². The number of rotatable bonds is 44. The molecule has 6 atom stereocenters. The molecule has 0 bridgehead atoms. The van der Waals surface area contributed by atoms with E-state index in [1.807, 2.05) is 0 Å². The second-order valence-corrected chi connectivity index (χ2v) is 21.2. The monoisotopic (exact) mass is 907 g/mol. The Hall–Kier alpha value is -1.80. The molecule has 0 amide bonds. The number of hydrogen-bond donors (Lipinski definition) is 0.